The van der Waals surface area contributed by atoms with Crippen molar-refractivity contribution in [2.24, 2.45) is 40.9 Å². The van der Waals surface area contributed by atoms with E-state index in [1.165, 1.54) is 24.2 Å². The summed E-state index contributed by atoms with van der Waals surface area (Å²) in [5.41, 5.74) is 0.0637. The van der Waals surface area contributed by atoms with E-state index in [0.29, 0.717) is 29.5 Å². The van der Waals surface area contributed by atoms with Crippen molar-refractivity contribution in [1.82, 2.24) is 0 Å². The summed E-state index contributed by atoms with van der Waals surface area (Å²) in [6.07, 6.45) is 6.31. The van der Waals surface area contributed by atoms with Gasteiger partial charge in [0.25, 0.3) is 0 Å². The van der Waals surface area contributed by atoms with E-state index in [2.05, 4.69) is 43.4 Å². The van der Waals surface area contributed by atoms with Crippen molar-refractivity contribution in [2.45, 2.75) is 72.3 Å². The number of ether oxygens (including phenoxy) is 1. The van der Waals surface area contributed by atoms with Crippen molar-refractivity contribution < 1.29 is 14.3 Å². The molecule has 3 fully saturated rings. The van der Waals surface area contributed by atoms with Gasteiger partial charge in [-0.2, -0.15) is 0 Å². The Bertz CT molecular complexity index is 533. The van der Waals surface area contributed by atoms with E-state index in [4.69, 9.17) is 4.74 Å². The van der Waals surface area contributed by atoms with Gasteiger partial charge in [0.2, 0.25) is 0 Å². The quantitative estimate of drug-likeness (QED) is 0.337. The molecular formula is C21H33IO3. The number of ketones is 1. The third kappa shape index (κ3) is 3.53. The Labute approximate surface area is 166 Å². The summed E-state index contributed by atoms with van der Waals surface area (Å²) in [5.74, 6) is 4.44. The van der Waals surface area contributed by atoms with Crippen LogP contribution in [0.25, 0.3) is 0 Å². The van der Waals surface area contributed by atoms with Crippen LogP contribution in [0, 0.1) is 40.9 Å². The summed E-state index contributed by atoms with van der Waals surface area (Å²) in [6.45, 7) is 8.35. The van der Waals surface area contributed by atoms with E-state index < -0.39 is 0 Å². The minimum Gasteiger partial charge on any atom is -0.462 e. The highest BCUT2D eigenvalue weighted by molar-refractivity contribution is 14.1. The topological polar surface area (TPSA) is 43.4 Å². The molecule has 6 unspecified atom stereocenters. The molecule has 4 heteroatoms. The third-order valence-corrected chi connectivity index (χ3v) is 9.28. The molecule has 0 aromatic carbocycles. The Balaban J connectivity index is 1.85. The maximum atomic E-state index is 12.0. The first-order valence-electron chi connectivity index (χ1n) is 10.0. The lowest BCUT2D eigenvalue weighted by atomic mass is 9.47. The molecule has 3 nitrogen and oxygen atoms in total. The molecule has 0 heterocycles. The van der Waals surface area contributed by atoms with Crippen molar-refractivity contribution in [3.8, 4) is 0 Å². The van der Waals surface area contributed by atoms with Gasteiger partial charge in [-0.3, -0.25) is 9.59 Å². The Morgan fingerprint density at radius 1 is 1.36 bits per heavy atom. The predicted molar refractivity (Wildman–Crippen MR) is 108 cm³/mol. The lowest BCUT2D eigenvalue weighted by molar-refractivity contribution is -0.166. The molecule has 0 aliphatic heterocycles. The van der Waals surface area contributed by atoms with Gasteiger partial charge in [0.05, 0.1) is 0 Å². The molecule has 0 bridgehead atoms. The van der Waals surface area contributed by atoms with Crippen LogP contribution >= 0.6 is 22.6 Å². The first-order chi connectivity index (χ1) is 11.8. The standard InChI is InChI=1S/C21H33IO3/c1-12-20-16(11-22)9-15-10-17(24)5-6-18(15)19(20)7-8-21(12,4)13(2)25-14(3)23/h12-13,15-16,18-20H,5-11H2,1-4H3/t12?,13-,15-,16?,18?,19?,20?,21?/m0/s1. The van der Waals surface area contributed by atoms with Gasteiger partial charge in [0.15, 0.2) is 0 Å². The second-order valence-electron chi connectivity index (χ2n) is 9.18. The van der Waals surface area contributed by atoms with Crippen molar-refractivity contribution >= 4 is 34.3 Å². The average molecular weight is 460 g/mol. The Morgan fingerprint density at radius 3 is 2.72 bits per heavy atom. The molecule has 0 aromatic rings. The molecule has 3 saturated carbocycles. The summed E-state index contributed by atoms with van der Waals surface area (Å²) < 4.78 is 6.83. The Hall–Kier alpha value is -0.130. The van der Waals surface area contributed by atoms with E-state index in [1.54, 1.807) is 0 Å². The molecule has 0 aromatic heterocycles. The van der Waals surface area contributed by atoms with E-state index in [-0.39, 0.29) is 17.5 Å². The molecular weight excluding hydrogens is 427 g/mol. The zero-order valence-electron chi connectivity index (χ0n) is 16.1. The molecule has 142 valence electrons. The summed E-state index contributed by atoms with van der Waals surface area (Å²) in [6, 6.07) is 0. The van der Waals surface area contributed by atoms with Crippen molar-refractivity contribution in [1.29, 1.82) is 0 Å². The average Bonchev–Trinajstić information content (AvgIpc) is 2.56. The highest BCUT2D eigenvalue weighted by Crippen LogP contribution is 2.60. The molecule has 0 spiro atoms. The lowest BCUT2D eigenvalue weighted by Crippen LogP contribution is -2.55. The molecule has 0 N–H and O–H groups in total. The molecule has 3 aliphatic rings. The smallest absolute Gasteiger partial charge is 0.302 e. The zero-order chi connectivity index (χ0) is 18.4. The highest BCUT2D eigenvalue weighted by atomic mass is 127. The van der Waals surface area contributed by atoms with Crippen LogP contribution in [-0.2, 0) is 14.3 Å². The second-order valence-corrected chi connectivity index (χ2v) is 10.1. The fraction of sp³-hybridized carbons (Fsp3) is 0.905. The van der Waals surface area contributed by atoms with Crippen LogP contribution in [-0.4, -0.2) is 22.3 Å². The van der Waals surface area contributed by atoms with Gasteiger partial charge in [-0.1, -0.05) is 36.4 Å². The molecule has 0 saturated heterocycles. The van der Waals surface area contributed by atoms with Crippen molar-refractivity contribution in [3.05, 3.63) is 0 Å². The van der Waals surface area contributed by atoms with Gasteiger partial charge >= 0.3 is 5.97 Å². The normalized spacial score (nSPS) is 45.2. The van der Waals surface area contributed by atoms with Gasteiger partial charge in [0.1, 0.15) is 11.9 Å². The number of halogens is 1. The molecule has 0 amide bonds. The third-order valence-electron chi connectivity index (χ3n) is 8.15. The number of rotatable bonds is 3. The molecule has 0 radical (unpaired) electrons. The van der Waals surface area contributed by atoms with Crippen LogP contribution in [0.15, 0.2) is 0 Å². The van der Waals surface area contributed by atoms with E-state index >= 15 is 0 Å². The molecule has 3 aliphatic carbocycles. The predicted octanol–water partition coefficient (Wildman–Crippen LogP) is 5.05. The fourth-order valence-corrected chi connectivity index (χ4v) is 7.51. The molecule has 25 heavy (non-hydrogen) atoms. The van der Waals surface area contributed by atoms with Crippen LogP contribution in [0.5, 0.6) is 0 Å². The largest absolute Gasteiger partial charge is 0.462 e. The fourth-order valence-electron chi connectivity index (χ4n) is 6.57. The minimum absolute atomic E-state index is 0.0264. The number of hydrogen-bond acceptors (Lipinski definition) is 3. The van der Waals surface area contributed by atoms with E-state index in [0.717, 1.165) is 37.5 Å². The summed E-state index contributed by atoms with van der Waals surface area (Å²) in [4.78, 5) is 23.5. The summed E-state index contributed by atoms with van der Waals surface area (Å²) in [5, 5.41) is 0. The number of alkyl halides is 1. The van der Waals surface area contributed by atoms with Gasteiger partial charge in [-0.05, 0) is 68.1 Å². The number of Topliss-reactive ketones (excluding diaryl/α,β-unsaturated/α-hetero) is 1. The number of esters is 1. The first-order valence-corrected chi connectivity index (χ1v) is 11.5. The lowest BCUT2D eigenvalue weighted by Gasteiger charge is -2.59. The number of carbonyl (C=O) groups is 2. The van der Waals surface area contributed by atoms with Crippen LogP contribution in [0.4, 0.5) is 0 Å². The number of fused-ring (bicyclic) bond motifs is 3. The van der Waals surface area contributed by atoms with Gasteiger partial charge in [0, 0.05) is 29.6 Å². The minimum atomic E-state index is -0.164. The Morgan fingerprint density at radius 2 is 2.08 bits per heavy atom. The van der Waals surface area contributed by atoms with Gasteiger partial charge < -0.3 is 4.74 Å². The van der Waals surface area contributed by atoms with Crippen LogP contribution in [0.2, 0.25) is 0 Å². The van der Waals surface area contributed by atoms with E-state index in [1.807, 2.05) is 0 Å². The van der Waals surface area contributed by atoms with Gasteiger partial charge in [-0.25, -0.2) is 0 Å². The SMILES string of the molecule is CC(=O)O[C@@H](C)C1(C)CCC2C(C(CI)C[C@H]3CC(=O)CCC23)C1C. The molecule has 3 rings (SSSR count). The zero-order valence-corrected chi connectivity index (χ0v) is 18.3. The number of carbonyl (C=O) groups excluding carboxylic acids is 2. The van der Waals surface area contributed by atoms with Crippen LogP contribution < -0.4 is 0 Å². The van der Waals surface area contributed by atoms with Gasteiger partial charge in [-0.15, -0.1) is 0 Å². The maximum absolute atomic E-state index is 12.0. The monoisotopic (exact) mass is 460 g/mol. The van der Waals surface area contributed by atoms with E-state index in [9.17, 15) is 9.59 Å². The van der Waals surface area contributed by atoms with Crippen molar-refractivity contribution in [3.63, 3.8) is 0 Å². The van der Waals surface area contributed by atoms with Crippen LogP contribution in [0.1, 0.15) is 66.2 Å². The summed E-state index contributed by atoms with van der Waals surface area (Å²) in [7, 11) is 0. The first kappa shape index (κ1) is 19.6. The highest BCUT2D eigenvalue weighted by Gasteiger charge is 2.55. The second kappa shape index (κ2) is 7.47. The van der Waals surface area contributed by atoms with Crippen molar-refractivity contribution in [2.75, 3.05) is 4.43 Å². The Kier molecular flexibility index (Phi) is 5.87. The summed E-state index contributed by atoms with van der Waals surface area (Å²) >= 11 is 2.55. The maximum Gasteiger partial charge on any atom is 0.302 e. The molecule has 8 atom stereocenters. The number of hydrogen-bond donors (Lipinski definition) is 0. The van der Waals surface area contributed by atoms with Crippen LogP contribution in [0.3, 0.4) is 0 Å².